The van der Waals surface area contributed by atoms with Crippen molar-refractivity contribution in [1.29, 1.82) is 0 Å². The molecule has 0 bridgehead atoms. The highest BCUT2D eigenvalue weighted by Crippen LogP contribution is 2.51. The average Bonchev–Trinajstić information content (AvgIpc) is 3.24. The van der Waals surface area contributed by atoms with Crippen molar-refractivity contribution in [2.24, 2.45) is 0 Å². The van der Waals surface area contributed by atoms with E-state index in [0.717, 1.165) is 28.3 Å². The predicted octanol–water partition coefficient (Wildman–Crippen LogP) is 14.1. The van der Waals surface area contributed by atoms with Crippen LogP contribution in [0.2, 0.25) is 0 Å². The van der Waals surface area contributed by atoms with Crippen LogP contribution in [0.4, 0.5) is 17.2 Å². The number of benzene rings is 9. The molecule has 11 rings (SSSR count). The SMILES string of the molecule is c1ccc(-c2cc3c4c(cccc4c2)N(c2cccc(-c4cccc(-c5ccc6c7ccccc7c7ccccc7c6c5)c4)c2)c2ncccc2-3)cc1. The molecule has 0 saturated carbocycles. The van der Waals surface area contributed by atoms with Crippen molar-refractivity contribution < 1.29 is 0 Å². The molecule has 0 saturated heterocycles. The first-order valence-corrected chi connectivity index (χ1v) is 18.2. The number of fused-ring (bicyclic) bond motifs is 8. The molecule has 246 valence electrons. The fourth-order valence-electron chi connectivity index (χ4n) is 8.56. The maximum atomic E-state index is 5.01. The fourth-order valence-corrected chi connectivity index (χ4v) is 8.56. The van der Waals surface area contributed by atoms with Crippen LogP contribution >= 0.6 is 0 Å². The molecule has 2 nitrogen and oxygen atoms in total. The van der Waals surface area contributed by atoms with E-state index in [2.05, 4.69) is 187 Å². The first kappa shape index (κ1) is 29.7. The van der Waals surface area contributed by atoms with Gasteiger partial charge >= 0.3 is 0 Å². The molecule has 0 amide bonds. The molecular formula is C51H32N2. The normalized spacial score (nSPS) is 12.1. The third kappa shape index (κ3) is 4.70. The minimum absolute atomic E-state index is 0.944. The molecule has 53 heavy (non-hydrogen) atoms. The van der Waals surface area contributed by atoms with Crippen LogP contribution in [0.1, 0.15) is 0 Å². The largest absolute Gasteiger partial charge is 0.294 e. The lowest BCUT2D eigenvalue weighted by Crippen LogP contribution is -2.16. The summed E-state index contributed by atoms with van der Waals surface area (Å²) in [5, 5.41) is 10.2. The van der Waals surface area contributed by atoms with Crippen molar-refractivity contribution >= 4 is 60.3 Å². The van der Waals surface area contributed by atoms with E-state index in [1.807, 2.05) is 12.3 Å². The highest BCUT2D eigenvalue weighted by atomic mass is 15.2. The quantitative estimate of drug-likeness (QED) is 0.173. The molecule has 1 aromatic heterocycles. The molecule has 1 aliphatic rings. The van der Waals surface area contributed by atoms with Crippen LogP contribution < -0.4 is 4.90 Å². The Bertz CT molecular complexity index is 3030. The van der Waals surface area contributed by atoms with Crippen molar-refractivity contribution in [3.8, 4) is 44.5 Å². The number of pyridine rings is 1. The smallest absolute Gasteiger partial charge is 0.145 e. The van der Waals surface area contributed by atoms with E-state index in [9.17, 15) is 0 Å². The Morgan fingerprint density at radius 2 is 0.943 bits per heavy atom. The summed E-state index contributed by atoms with van der Waals surface area (Å²) < 4.78 is 0. The molecular weight excluding hydrogens is 641 g/mol. The van der Waals surface area contributed by atoms with Crippen LogP contribution in [-0.4, -0.2) is 4.98 Å². The number of anilines is 3. The Morgan fingerprint density at radius 1 is 0.340 bits per heavy atom. The second-order valence-corrected chi connectivity index (χ2v) is 14.0. The topological polar surface area (TPSA) is 16.1 Å². The summed E-state index contributed by atoms with van der Waals surface area (Å²) in [5.41, 5.74) is 11.8. The van der Waals surface area contributed by atoms with Crippen molar-refractivity contribution in [3.63, 3.8) is 0 Å². The summed E-state index contributed by atoms with van der Waals surface area (Å²) >= 11 is 0. The predicted molar refractivity (Wildman–Crippen MR) is 224 cm³/mol. The minimum atomic E-state index is 0.944. The van der Waals surface area contributed by atoms with Gasteiger partial charge in [-0.3, -0.25) is 4.90 Å². The van der Waals surface area contributed by atoms with Gasteiger partial charge in [-0.05, 0) is 131 Å². The Kier molecular flexibility index (Phi) is 6.59. The maximum absolute atomic E-state index is 5.01. The fraction of sp³-hybridized carbons (Fsp3) is 0. The van der Waals surface area contributed by atoms with E-state index in [1.165, 1.54) is 76.5 Å². The molecule has 2 heteroatoms. The summed E-state index contributed by atoms with van der Waals surface area (Å²) in [6.45, 7) is 0. The molecule has 2 heterocycles. The Labute approximate surface area is 307 Å². The summed E-state index contributed by atoms with van der Waals surface area (Å²) in [7, 11) is 0. The number of hydrogen-bond acceptors (Lipinski definition) is 2. The lowest BCUT2D eigenvalue weighted by atomic mass is 9.89. The van der Waals surface area contributed by atoms with Gasteiger partial charge in [-0.15, -0.1) is 0 Å². The van der Waals surface area contributed by atoms with Crippen molar-refractivity contribution in [3.05, 3.63) is 194 Å². The Morgan fingerprint density at radius 3 is 1.70 bits per heavy atom. The van der Waals surface area contributed by atoms with E-state index in [-0.39, 0.29) is 0 Å². The van der Waals surface area contributed by atoms with Crippen LogP contribution in [0.25, 0.3) is 87.6 Å². The second kappa shape index (κ2) is 11.8. The van der Waals surface area contributed by atoms with Gasteiger partial charge in [0.2, 0.25) is 0 Å². The third-order valence-corrected chi connectivity index (χ3v) is 11.0. The number of nitrogens with zero attached hydrogens (tertiary/aromatic N) is 2. The van der Waals surface area contributed by atoms with Crippen LogP contribution in [-0.2, 0) is 0 Å². The molecule has 0 N–H and O–H groups in total. The monoisotopic (exact) mass is 672 g/mol. The van der Waals surface area contributed by atoms with Gasteiger partial charge in [0.1, 0.15) is 5.82 Å². The maximum Gasteiger partial charge on any atom is 0.145 e. The Balaban J connectivity index is 1.03. The lowest BCUT2D eigenvalue weighted by Gasteiger charge is -2.32. The summed E-state index contributed by atoms with van der Waals surface area (Å²) in [4.78, 5) is 7.35. The standard InChI is InChI=1S/C51H32N2/c1-2-12-33(13-3-1)39-29-38-17-10-24-49-50(38)48(32-39)46-23-11-27-52-51(46)53(49)40-18-9-16-36(30-40)34-14-8-15-35(28-34)37-25-26-45-43-21-5-4-19-41(43)42-20-6-7-22-44(42)47(45)31-37/h1-32H. The van der Waals surface area contributed by atoms with Crippen molar-refractivity contribution in [2.75, 3.05) is 4.90 Å². The first-order valence-electron chi connectivity index (χ1n) is 18.2. The third-order valence-electron chi connectivity index (χ3n) is 11.0. The summed E-state index contributed by atoms with van der Waals surface area (Å²) in [5.74, 6) is 0.944. The lowest BCUT2D eigenvalue weighted by molar-refractivity contribution is 1.18. The van der Waals surface area contributed by atoms with Gasteiger partial charge in [-0.2, -0.15) is 0 Å². The molecule has 0 unspecified atom stereocenters. The number of rotatable bonds is 4. The van der Waals surface area contributed by atoms with Gasteiger partial charge in [0.25, 0.3) is 0 Å². The van der Waals surface area contributed by atoms with Crippen LogP contribution in [0.15, 0.2) is 194 Å². The molecule has 10 aromatic rings. The number of aromatic nitrogens is 1. The van der Waals surface area contributed by atoms with E-state index in [0.29, 0.717) is 0 Å². The van der Waals surface area contributed by atoms with Gasteiger partial charge < -0.3 is 0 Å². The Hall–Kier alpha value is -7.03. The van der Waals surface area contributed by atoms with Gasteiger partial charge in [0.05, 0.1) is 5.69 Å². The van der Waals surface area contributed by atoms with E-state index < -0.39 is 0 Å². The molecule has 0 fully saturated rings. The van der Waals surface area contributed by atoms with Crippen LogP contribution in [0.3, 0.4) is 0 Å². The van der Waals surface area contributed by atoms with Gasteiger partial charge in [0.15, 0.2) is 0 Å². The average molecular weight is 673 g/mol. The highest BCUT2D eigenvalue weighted by molar-refractivity contribution is 6.25. The number of hydrogen-bond donors (Lipinski definition) is 0. The van der Waals surface area contributed by atoms with Gasteiger partial charge in [-0.1, -0.05) is 133 Å². The molecule has 0 radical (unpaired) electrons. The molecule has 9 aromatic carbocycles. The van der Waals surface area contributed by atoms with E-state index >= 15 is 0 Å². The van der Waals surface area contributed by atoms with Gasteiger partial charge in [-0.25, -0.2) is 4.98 Å². The minimum Gasteiger partial charge on any atom is -0.294 e. The molecule has 0 aliphatic carbocycles. The first-order chi connectivity index (χ1) is 26.3. The highest BCUT2D eigenvalue weighted by Gasteiger charge is 2.27. The van der Waals surface area contributed by atoms with E-state index in [4.69, 9.17) is 4.98 Å². The zero-order valence-corrected chi connectivity index (χ0v) is 28.9. The van der Waals surface area contributed by atoms with Crippen LogP contribution in [0.5, 0.6) is 0 Å². The zero-order chi connectivity index (χ0) is 34.9. The zero-order valence-electron chi connectivity index (χ0n) is 28.9. The van der Waals surface area contributed by atoms with E-state index in [1.54, 1.807) is 0 Å². The summed E-state index contributed by atoms with van der Waals surface area (Å²) in [6.07, 6.45) is 1.90. The molecule has 1 aliphatic heterocycles. The van der Waals surface area contributed by atoms with Crippen molar-refractivity contribution in [1.82, 2.24) is 4.98 Å². The molecule has 0 spiro atoms. The molecule has 0 atom stereocenters. The van der Waals surface area contributed by atoms with Crippen molar-refractivity contribution in [2.45, 2.75) is 0 Å². The van der Waals surface area contributed by atoms with Gasteiger partial charge in [0, 0.05) is 22.8 Å². The summed E-state index contributed by atoms with van der Waals surface area (Å²) in [6, 6.07) is 68.5. The van der Waals surface area contributed by atoms with Crippen LogP contribution in [0, 0.1) is 0 Å². The second-order valence-electron chi connectivity index (χ2n) is 14.0.